The normalized spacial score (nSPS) is 11.9. The van der Waals surface area contributed by atoms with Crippen molar-refractivity contribution in [3.8, 4) is 28.8 Å². The molecule has 0 spiro atoms. The van der Waals surface area contributed by atoms with Gasteiger partial charge in [-0.25, -0.2) is 0 Å². The number of rotatable bonds is 7. The maximum Gasteiger partial charge on any atom is 0.320 e. The number of amides is 1. The van der Waals surface area contributed by atoms with Crippen molar-refractivity contribution >= 4 is 17.6 Å². The Hall–Kier alpha value is -4.09. The van der Waals surface area contributed by atoms with Gasteiger partial charge in [-0.3, -0.25) is 19.2 Å². The second kappa shape index (κ2) is 11.6. The largest absolute Gasteiger partial charge is 0.487 e. The predicted molar refractivity (Wildman–Crippen MR) is 137 cm³/mol. The van der Waals surface area contributed by atoms with Crippen LogP contribution in [0.4, 0.5) is 5.69 Å². The number of hydrogen-bond donors (Lipinski definition) is 1. The second-order valence-electron chi connectivity index (χ2n) is 8.88. The molecule has 4 rings (SSSR count). The molecule has 186 valence electrons. The summed E-state index contributed by atoms with van der Waals surface area (Å²) in [5.74, 6) is 6.84. The molecule has 1 aliphatic heterocycles. The summed E-state index contributed by atoms with van der Waals surface area (Å²) in [5, 5.41) is 7.64. The molecule has 0 bridgehead atoms. The summed E-state index contributed by atoms with van der Waals surface area (Å²) in [6.45, 7) is 3.08. The Kier molecular flexibility index (Phi) is 8.03. The van der Waals surface area contributed by atoms with Crippen molar-refractivity contribution in [3.05, 3.63) is 65.4 Å². The smallest absolute Gasteiger partial charge is 0.320 e. The third-order valence-corrected chi connectivity index (χ3v) is 5.53. The number of hydrogen-bond acceptors (Lipinski definition) is 6. The molecule has 0 unspecified atom stereocenters. The highest BCUT2D eigenvalue weighted by atomic mass is 16.5. The zero-order valence-electron chi connectivity index (χ0n) is 20.8. The summed E-state index contributed by atoms with van der Waals surface area (Å²) >= 11 is 0. The number of aromatic nitrogens is 2. The minimum Gasteiger partial charge on any atom is -0.487 e. The minimum absolute atomic E-state index is 0.119. The number of unbranched alkanes of at least 4 members (excludes halogenated alkanes) is 1. The lowest BCUT2D eigenvalue weighted by Crippen LogP contribution is -2.23. The van der Waals surface area contributed by atoms with Gasteiger partial charge in [0.05, 0.1) is 31.1 Å². The first kappa shape index (κ1) is 25.0. The van der Waals surface area contributed by atoms with Crippen LogP contribution in [-0.4, -0.2) is 53.8 Å². The molecule has 1 aromatic heterocycles. The lowest BCUT2D eigenvalue weighted by Gasteiger charge is -2.09. The van der Waals surface area contributed by atoms with Crippen LogP contribution < -0.4 is 10.1 Å². The zero-order valence-corrected chi connectivity index (χ0v) is 20.8. The molecule has 0 fully saturated rings. The Bertz CT molecular complexity index is 1320. The highest BCUT2D eigenvalue weighted by molar-refractivity contribution is 5.89. The molecule has 2 heterocycles. The van der Waals surface area contributed by atoms with E-state index in [0.29, 0.717) is 38.3 Å². The number of anilines is 1. The van der Waals surface area contributed by atoms with E-state index in [2.05, 4.69) is 17.2 Å². The van der Waals surface area contributed by atoms with E-state index in [-0.39, 0.29) is 18.4 Å². The number of carbonyl (C=O) groups excluding carboxylic acids is 2. The van der Waals surface area contributed by atoms with E-state index in [0.717, 1.165) is 33.8 Å². The van der Waals surface area contributed by atoms with E-state index in [1.165, 1.54) is 6.92 Å². The van der Waals surface area contributed by atoms with Crippen LogP contribution in [-0.2, 0) is 27.5 Å². The van der Waals surface area contributed by atoms with Crippen LogP contribution in [0.3, 0.4) is 0 Å². The van der Waals surface area contributed by atoms with Crippen molar-refractivity contribution in [1.29, 1.82) is 0 Å². The zero-order chi connectivity index (χ0) is 25.5. The number of nitrogens with zero attached hydrogens (tertiary/aromatic N) is 3. The van der Waals surface area contributed by atoms with E-state index < -0.39 is 0 Å². The van der Waals surface area contributed by atoms with Crippen LogP contribution in [0.1, 0.15) is 36.6 Å². The molecule has 0 saturated carbocycles. The SMILES string of the molecule is CC(=O)Nc1ccc2c(c1)OCc1cc(-c3ccccc3C#CCCCOC(=O)CN(C)C)nn1C2. The number of fused-ring (bicyclic) bond motifs is 2. The molecule has 8 nitrogen and oxygen atoms in total. The first-order chi connectivity index (χ1) is 17.4. The molecule has 1 amide bonds. The maximum atomic E-state index is 11.6. The highest BCUT2D eigenvalue weighted by Crippen LogP contribution is 2.30. The van der Waals surface area contributed by atoms with Crippen molar-refractivity contribution in [2.45, 2.75) is 32.9 Å². The first-order valence-electron chi connectivity index (χ1n) is 11.9. The van der Waals surface area contributed by atoms with Crippen LogP contribution in [0, 0.1) is 11.8 Å². The van der Waals surface area contributed by atoms with Gasteiger partial charge in [-0.2, -0.15) is 5.10 Å². The van der Waals surface area contributed by atoms with E-state index in [4.69, 9.17) is 14.6 Å². The minimum atomic E-state index is -0.224. The Morgan fingerprint density at radius 3 is 2.83 bits per heavy atom. The summed E-state index contributed by atoms with van der Waals surface area (Å²) < 4.78 is 13.2. The van der Waals surface area contributed by atoms with Crippen LogP contribution in [0.15, 0.2) is 48.5 Å². The van der Waals surface area contributed by atoms with Crippen molar-refractivity contribution < 1.29 is 19.1 Å². The number of ether oxygens (including phenoxy) is 2. The van der Waals surface area contributed by atoms with Gasteiger partial charge in [-0.1, -0.05) is 36.1 Å². The lowest BCUT2D eigenvalue weighted by atomic mass is 10.0. The first-order valence-corrected chi connectivity index (χ1v) is 11.9. The van der Waals surface area contributed by atoms with Gasteiger partial charge in [0.25, 0.3) is 0 Å². The molecular formula is C28H30N4O4. The standard InChI is InChI=1S/C28H30N4O4/c1-20(33)29-23-13-12-22-17-32-24(19-36-27(22)15-23)16-26(30-32)25-11-7-6-10-21(25)9-5-4-8-14-35-28(34)18-31(2)3/h6-7,10-13,15-16H,4,8,14,17-19H2,1-3H3,(H,29,33). The van der Waals surface area contributed by atoms with E-state index >= 15 is 0 Å². The molecule has 0 saturated heterocycles. The summed E-state index contributed by atoms with van der Waals surface area (Å²) in [5.41, 5.74) is 5.37. The van der Waals surface area contributed by atoms with Gasteiger partial charge < -0.3 is 14.8 Å². The number of carbonyl (C=O) groups is 2. The molecule has 0 atom stereocenters. The van der Waals surface area contributed by atoms with Gasteiger partial charge in [0.1, 0.15) is 12.4 Å². The third-order valence-electron chi connectivity index (χ3n) is 5.53. The maximum absolute atomic E-state index is 11.6. The second-order valence-corrected chi connectivity index (χ2v) is 8.88. The van der Waals surface area contributed by atoms with Gasteiger partial charge >= 0.3 is 5.97 Å². The average Bonchev–Trinajstić information content (AvgIpc) is 3.15. The lowest BCUT2D eigenvalue weighted by molar-refractivity contribution is -0.144. The van der Waals surface area contributed by atoms with Crippen LogP contribution in [0.5, 0.6) is 5.75 Å². The summed E-state index contributed by atoms with van der Waals surface area (Å²) in [7, 11) is 3.66. The summed E-state index contributed by atoms with van der Waals surface area (Å²) in [6, 6.07) is 15.6. The molecule has 1 N–H and O–H groups in total. The van der Waals surface area contributed by atoms with Crippen molar-refractivity contribution in [3.63, 3.8) is 0 Å². The fourth-order valence-electron chi connectivity index (χ4n) is 3.88. The number of benzene rings is 2. The molecule has 2 aromatic carbocycles. The fourth-order valence-corrected chi connectivity index (χ4v) is 3.88. The Labute approximate surface area is 211 Å². The van der Waals surface area contributed by atoms with Gasteiger partial charge in [0.2, 0.25) is 5.91 Å². The average molecular weight is 487 g/mol. The molecule has 1 aliphatic rings. The van der Waals surface area contributed by atoms with Gasteiger partial charge in [0.15, 0.2) is 0 Å². The quantitative estimate of drug-likeness (QED) is 0.312. The van der Waals surface area contributed by atoms with Crippen LogP contribution in [0.25, 0.3) is 11.3 Å². The van der Waals surface area contributed by atoms with Gasteiger partial charge in [-0.15, -0.1) is 0 Å². The van der Waals surface area contributed by atoms with Gasteiger partial charge in [-0.05, 0) is 38.7 Å². The van der Waals surface area contributed by atoms with Crippen molar-refractivity contribution in [2.24, 2.45) is 0 Å². The molecule has 0 radical (unpaired) electrons. The molecule has 0 aliphatic carbocycles. The molecular weight excluding hydrogens is 456 g/mol. The summed E-state index contributed by atoms with van der Waals surface area (Å²) in [4.78, 5) is 24.7. The Balaban J connectivity index is 1.43. The number of likely N-dealkylation sites (N-methyl/N-ethyl adjacent to an activating group) is 1. The highest BCUT2D eigenvalue weighted by Gasteiger charge is 2.18. The van der Waals surface area contributed by atoms with Crippen molar-refractivity contribution in [2.75, 3.05) is 32.6 Å². The molecule has 8 heteroatoms. The van der Waals surface area contributed by atoms with Crippen molar-refractivity contribution in [1.82, 2.24) is 14.7 Å². The topological polar surface area (TPSA) is 85.7 Å². The number of esters is 1. The van der Waals surface area contributed by atoms with Crippen LogP contribution in [0.2, 0.25) is 0 Å². The van der Waals surface area contributed by atoms with E-state index in [1.807, 2.05) is 67.3 Å². The Morgan fingerprint density at radius 2 is 2.03 bits per heavy atom. The third kappa shape index (κ3) is 6.52. The fraction of sp³-hybridized carbons (Fsp3) is 0.321. The van der Waals surface area contributed by atoms with Gasteiger partial charge in [0, 0.05) is 41.8 Å². The van der Waals surface area contributed by atoms with E-state index in [9.17, 15) is 9.59 Å². The van der Waals surface area contributed by atoms with E-state index in [1.54, 1.807) is 4.90 Å². The Morgan fingerprint density at radius 1 is 1.19 bits per heavy atom. The molecule has 36 heavy (non-hydrogen) atoms. The van der Waals surface area contributed by atoms with Crippen LogP contribution >= 0.6 is 0 Å². The monoisotopic (exact) mass is 486 g/mol. The summed E-state index contributed by atoms with van der Waals surface area (Å²) in [6.07, 6.45) is 1.32. The number of nitrogens with one attached hydrogen (secondary N) is 1. The molecule has 3 aromatic rings. The predicted octanol–water partition coefficient (Wildman–Crippen LogP) is 3.69.